The van der Waals surface area contributed by atoms with Crippen molar-refractivity contribution in [3.63, 3.8) is 0 Å². The fourth-order valence-electron chi connectivity index (χ4n) is 10.9. The molecule has 0 radical (unpaired) electrons. The Kier molecular flexibility index (Phi) is 9.33. The molecular weight excluding hydrogens is 827 g/mol. The molecule has 0 amide bonds. The Morgan fingerprint density at radius 1 is 0.299 bits per heavy atom. The van der Waals surface area contributed by atoms with Gasteiger partial charge in [-0.2, -0.15) is 0 Å². The summed E-state index contributed by atoms with van der Waals surface area (Å²) in [5.41, 5.74) is 17.9. The molecule has 67 heavy (non-hydrogen) atoms. The molecule has 0 N–H and O–H groups in total. The second-order valence-corrected chi connectivity index (χ2v) is 18.7. The van der Waals surface area contributed by atoms with Crippen LogP contribution in [-0.2, 0) is 5.41 Å². The molecule has 0 aliphatic heterocycles. The molecule has 1 heterocycles. The third-order valence-electron chi connectivity index (χ3n) is 13.9. The van der Waals surface area contributed by atoms with Gasteiger partial charge < -0.3 is 4.90 Å². The maximum absolute atomic E-state index is 2.41. The van der Waals surface area contributed by atoms with Crippen molar-refractivity contribution in [2.24, 2.45) is 0 Å². The summed E-state index contributed by atoms with van der Waals surface area (Å²) in [7, 11) is 0. The summed E-state index contributed by atoms with van der Waals surface area (Å²) in [6.45, 7) is 0. The molecule has 12 aromatic rings. The summed E-state index contributed by atoms with van der Waals surface area (Å²) in [5, 5.41) is 5.11. The maximum Gasteiger partial charge on any atom is 0.0713 e. The molecule has 0 unspecified atom stereocenters. The van der Waals surface area contributed by atoms with Crippen LogP contribution in [0.4, 0.5) is 17.1 Å². The molecule has 1 aliphatic carbocycles. The predicted molar refractivity (Wildman–Crippen MR) is 285 cm³/mol. The summed E-state index contributed by atoms with van der Waals surface area (Å²) in [4.78, 5) is 2.41. The van der Waals surface area contributed by atoms with Gasteiger partial charge in [0.2, 0.25) is 0 Å². The van der Waals surface area contributed by atoms with Crippen LogP contribution in [0.1, 0.15) is 22.3 Å². The molecule has 1 nitrogen and oxygen atoms in total. The van der Waals surface area contributed by atoms with Gasteiger partial charge in [0, 0.05) is 37.2 Å². The first-order valence-corrected chi connectivity index (χ1v) is 23.9. The van der Waals surface area contributed by atoms with E-state index in [1.807, 2.05) is 11.3 Å². The van der Waals surface area contributed by atoms with Crippen molar-refractivity contribution in [3.8, 4) is 44.5 Å². The molecule has 0 fully saturated rings. The molecule has 0 saturated carbocycles. The second-order valence-electron chi connectivity index (χ2n) is 17.6. The van der Waals surface area contributed by atoms with E-state index in [0.717, 1.165) is 17.1 Å². The van der Waals surface area contributed by atoms with Crippen LogP contribution >= 0.6 is 11.3 Å². The quantitative estimate of drug-likeness (QED) is 0.147. The lowest BCUT2D eigenvalue weighted by atomic mass is 9.67. The van der Waals surface area contributed by atoms with Crippen molar-refractivity contribution < 1.29 is 0 Å². The van der Waals surface area contributed by atoms with Crippen molar-refractivity contribution in [2.75, 3.05) is 4.90 Å². The van der Waals surface area contributed by atoms with Gasteiger partial charge in [0.05, 0.1) is 5.41 Å². The predicted octanol–water partition coefficient (Wildman–Crippen LogP) is 18.0. The lowest BCUT2D eigenvalue weighted by molar-refractivity contribution is 0.768. The van der Waals surface area contributed by atoms with E-state index in [4.69, 9.17) is 0 Å². The average Bonchev–Trinajstić information content (AvgIpc) is 3.93. The van der Waals surface area contributed by atoms with Crippen LogP contribution < -0.4 is 4.90 Å². The summed E-state index contributed by atoms with van der Waals surface area (Å²) in [5.74, 6) is 0. The Morgan fingerprint density at radius 2 is 0.836 bits per heavy atom. The van der Waals surface area contributed by atoms with Gasteiger partial charge in [-0.05, 0) is 132 Å². The average molecular weight is 870 g/mol. The van der Waals surface area contributed by atoms with Crippen LogP contribution in [0, 0.1) is 0 Å². The molecule has 0 atom stereocenters. The van der Waals surface area contributed by atoms with E-state index in [1.165, 1.54) is 97.7 Å². The zero-order valence-electron chi connectivity index (χ0n) is 36.7. The van der Waals surface area contributed by atoms with Crippen molar-refractivity contribution in [1.29, 1.82) is 0 Å². The third-order valence-corrected chi connectivity index (χ3v) is 15.1. The van der Waals surface area contributed by atoms with Crippen molar-refractivity contribution in [1.82, 2.24) is 0 Å². The highest BCUT2D eigenvalue weighted by molar-refractivity contribution is 7.25. The van der Waals surface area contributed by atoms with E-state index in [-0.39, 0.29) is 0 Å². The zero-order chi connectivity index (χ0) is 44.3. The minimum Gasteiger partial charge on any atom is -0.310 e. The maximum atomic E-state index is 2.41. The highest BCUT2D eigenvalue weighted by Crippen LogP contribution is 2.58. The number of benzene rings is 11. The Hall–Kier alpha value is -8.30. The largest absolute Gasteiger partial charge is 0.310 e. The molecule has 0 spiro atoms. The zero-order valence-corrected chi connectivity index (χ0v) is 37.5. The summed E-state index contributed by atoms with van der Waals surface area (Å²) in [6, 6.07) is 96.2. The molecule has 314 valence electrons. The standard InChI is InChI=1S/C65H43NS/c1-3-19-51(20-4-1)65(52-21-5-2-6-22-52)60-26-11-9-24-59(60)64-56(25-14-27-61(64)65)46-33-37-54(38-34-46)66(55-39-40-58-57-23-10-12-28-62(57)67-63(58)43-55)53-35-31-45(32-36-53)48-17-13-18-49(41-48)50-30-29-44-15-7-8-16-47(44)42-50/h1-43H. The molecular formula is C65H43NS. The number of nitrogens with zero attached hydrogens (tertiary/aromatic N) is 1. The highest BCUT2D eigenvalue weighted by Gasteiger charge is 2.46. The van der Waals surface area contributed by atoms with Crippen LogP contribution in [-0.4, -0.2) is 0 Å². The summed E-state index contributed by atoms with van der Waals surface area (Å²) < 4.78 is 2.59. The first-order valence-electron chi connectivity index (χ1n) is 23.1. The number of rotatable bonds is 8. The smallest absolute Gasteiger partial charge is 0.0713 e. The van der Waals surface area contributed by atoms with Crippen molar-refractivity contribution in [3.05, 3.63) is 283 Å². The van der Waals surface area contributed by atoms with Gasteiger partial charge >= 0.3 is 0 Å². The number of anilines is 3. The fraction of sp³-hybridized carbons (Fsp3) is 0.0154. The normalized spacial score (nSPS) is 12.6. The van der Waals surface area contributed by atoms with E-state index < -0.39 is 5.41 Å². The topological polar surface area (TPSA) is 3.24 Å². The molecule has 1 aliphatic rings. The minimum absolute atomic E-state index is 0.448. The van der Waals surface area contributed by atoms with Gasteiger partial charge in [-0.1, -0.05) is 206 Å². The van der Waals surface area contributed by atoms with Gasteiger partial charge in [-0.15, -0.1) is 11.3 Å². The Bertz CT molecular complexity index is 3750. The second kappa shape index (κ2) is 16.0. The van der Waals surface area contributed by atoms with E-state index >= 15 is 0 Å². The van der Waals surface area contributed by atoms with Crippen LogP contribution in [0.2, 0.25) is 0 Å². The molecule has 11 aromatic carbocycles. The molecule has 0 saturated heterocycles. The van der Waals surface area contributed by atoms with Gasteiger partial charge in [-0.3, -0.25) is 0 Å². The molecule has 13 rings (SSSR count). The first-order chi connectivity index (χ1) is 33.2. The van der Waals surface area contributed by atoms with Gasteiger partial charge in [-0.25, -0.2) is 0 Å². The Labute approximate surface area is 395 Å². The Balaban J connectivity index is 0.915. The number of thiophene rings is 1. The van der Waals surface area contributed by atoms with Crippen LogP contribution in [0.15, 0.2) is 261 Å². The monoisotopic (exact) mass is 869 g/mol. The van der Waals surface area contributed by atoms with E-state index in [9.17, 15) is 0 Å². The van der Waals surface area contributed by atoms with Crippen molar-refractivity contribution in [2.45, 2.75) is 5.41 Å². The number of fused-ring (bicyclic) bond motifs is 7. The van der Waals surface area contributed by atoms with E-state index in [2.05, 4.69) is 266 Å². The molecule has 2 heteroatoms. The Morgan fingerprint density at radius 3 is 1.60 bits per heavy atom. The van der Waals surface area contributed by atoms with Crippen LogP contribution in [0.3, 0.4) is 0 Å². The van der Waals surface area contributed by atoms with Gasteiger partial charge in [0.25, 0.3) is 0 Å². The molecule has 0 bridgehead atoms. The number of hydrogen-bond donors (Lipinski definition) is 0. The number of hydrogen-bond acceptors (Lipinski definition) is 2. The van der Waals surface area contributed by atoms with E-state index in [0.29, 0.717) is 0 Å². The fourth-order valence-corrected chi connectivity index (χ4v) is 12.0. The summed E-state index contributed by atoms with van der Waals surface area (Å²) in [6.07, 6.45) is 0. The summed E-state index contributed by atoms with van der Waals surface area (Å²) >= 11 is 1.86. The van der Waals surface area contributed by atoms with Crippen LogP contribution in [0.5, 0.6) is 0 Å². The third kappa shape index (κ3) is 6.44. The SMILES string of the molecule is c1ccc(C2(c3ccccc3)c3ccccc3-c3c(-c4ccc(N(c5ccc(-c6cccc(-c7ccc8ccccc8c7)c6)cc5)c5ccc6c(c5)sc5ccccc56)cc4)cccc32)cc1. The minimum atomic E-state index is -0.448. The highest BCUT2D eigenvalue weighted by atomic mass is 32.1. The van der Waals surface area contributed by atoms with E-state index in [1.54, 1.807) is 0 Å². The molecule has 1 aromatic heterocycles. The lowest BCUT2D eigenvalue weighted by Gasteiger charge is -2.34. The van der Waals surface area contributed by atoms with Crippen molar-refractivity contribution >= 4 is 59.3 Å². The van der Waals surface area contributed by atoms with Gasteiger partial charge in [0.15, 0.2) is 0 Å². The van der Waals surface area contributed by atoms with Crippen LogP contribution in [0.25, 0.3) is 75.5 Å². The lowest BCUT2D eigenvalue weighted by Crippen LogP contribution is -2.28. The first kappa shape index (κ1) is 39.1. The van der Waals surface area contributed by atoms with Gasteiger partial charge in [0.1, 0.15) is 0 Å².